The number of ether oxygens (including phenoxy) is 1. The number of allylic oxidation sites excluding steroid dienone is 2. The van der Waals surface area contributed by atoms with Crippen LogP contribution in [0.25, 0.3) is 0 Å². The number of unbranched alkanes of at least 4 members (excludes halogenated alkanes) is 1. The number of carboxylic acids is 2. The van der Waals surface area contributed by atoms with Crippen LogP contribution >= 0.6 is 0 Å². The van der Waals surface area contributed by atoms with Crippen molar-refractivity contribution in [1.29, 1.82) is 0 Å². The summed E-state index contributed by atoms with van der Waals surface area (Å²) in [7, 11) is 0. The molecule has 0 saturated heterocycles. The molecule has 1 aliphatic rings. The number of carboxylic acid groups (broad SMARTS) is 2. The highest BCUT2D eigenvalue weighted by Crippen LogP contribution is 2.31. The summed E-state index contributed by atoms with van der Waals surface area (Å²) in [6.07, 6.45) is 7.62. The second kappa shape index (κ2) is 9.55. The van der Waals surface area contributed by atoms with Crippen LogP contribution in [0.4, 0.5) is 0 Å². The molecule has 0 amide bonds. The predicted molar refractivity (Wildman–Crippen MR) is 81.3 cm³/mol. The lowest BCUT2D eigenvalue weighted by atomic mass is 9.80. The van der Waals surface area contributed by atoms with Crippen LogP contribution in [-0.2, 0) is 19.1 Å². The van der Waals surface area contributed by atoms with Crippen molar-refractivity contribution in [3.8, 4) is 0 Å². The van der Waals surface area contributed by atoms with Crippen LogP contribution in [-0.4, -0.2) is 34.7 Å². The van der Waals surface area contributed by atoms with Crippen molar-refractivity contribution in [2.45, 2.75) is 33.1 Å². The molecular formula is C16H22O6. The van der Waals surface area contributed by atoms with Gasteiger partial charge in [-0.3, -0.25) is 4.79 Å². The predicted octanol–water partition coefficient (Wildman–Crippen LogP) is 2.56. The van der Waals surface area contributed by atoms with Crippen molar-refractivity contribution in [2.24, 2.45) is 5.41 Å². The number of aliphatic carboxylic acids is 2. The van der Waals surface area contributed by atoms with E-state index in [0.29, 0.717) is 12.2 Å². The zero-order chi connectivity index (χ0) is 17.2. The van der Waals surface area contributed by atoms with Gasteiger partial charge in [-0.2, -0.15) is 0 Å². The first kappa shape index (κ1) is 19.6. The highest BCUT2D eigenvalue weighted by atomic mass is 16.5. The van der Waals surface area contributed by atoms with Crippen LogP contribution in [0.5, 0.6) is 0 Å². The van der Waals surface area contributed by atoms with Gasteiger partial charge in [0.25, 0.3) is 0 Å². The standard InChI is InChI=1S/C13H18O4.C3H4O2/c1-3-4-8-17-11(14)10-6-5-7-13(2,9-10)12(15)16;1-2-3(4)5/h5-7H,3-4,8-9H2,1-2H3,(H,15,16);2H,1H2,(H,4,5). The van der Waals surface area contributed by atoms with E-state index in [0.717, 1.165) is 18.9 Å². The van der Waals surface area contributed by atoms with Crippen molar-refractivity contribution >= 4 is 17.9 Å². The molecule has 1 atom stereocenters. The van der Waals surface area contributed by atoms with Crippen molar-refractivity contribution in [1.82, 2.24) is 0 Å². The number of esters is 1. The highest BCUT2D eigenvalue weighted by Gasteiger charge is 2.34. The van der Waals surface area contributed by atoms with Gasteiger partial charge in [0.2, 0.25) is 0 Å². The van der Waals surface area contributed by atoms with Crippen LogP contribution < -0.4 is 0 Å². The largest absolute Gasteiger partial charge is 0.481 e. The van der Waals surface area contributed by atoms with Gasteiger partial charge in [0.15, 0.2) is 0 Å². The number of rotatable bonds is 6. The molecule has 0 heterocycles. The Morgan fingerprint density at radius 3 is 2.45 bits per heavy atom. The fourth-order valence-corrected chi connectivity index (χ4v) is 1.58. The number of hydrogen-bond acceptors (Lipinski definition) is 4. The van der Waals surface area contributed by atoms with E-state index in [1.807, 2.05) is 6.92 Å². The van der Waals surface area contributed by atoms with E-state index in [1.165, 1.54) is 0 Å². The van der Waals surface area contributed by atoms with Gasteiger partial charge in [0, 0.05) is 11.6 Å². The van der Waals surface area contributed by atoms with Gasteiger partial charge in [-0.25, -0.2) is 9.59 Å². The van der Waals surface area contributed by atoms with Crippen molar-refractivity contribution in [3.63, 3.8) is 0 Å². The van der Waals surface area contributed by atoms with Crippen LogP contribution in [0, 0.1) is 5.41 Å². The monoisotopic (exact) mass is 310 g/mol. The Labute approximate surface area is 129 Å². The van der Waals surface area contributed by atoms with Crippen LogP contribution in [0.2, 0.25) is 0 Å². The van der Waals surface area contributed by atoms with Gasteiger partial charge in [0.1, 0.15) is 0 Å². The summed E-state index contributed by atoms with van der Waals surface area (Å²) in [5, 5.41) is 16.7. The molecule has 0 aromatic rings. The molecule has 1 aliphatic carbocycles. The fourth-order valence-electron chi connectivity index (χ4n) is 1.58. The maximum Gasteiger partial charge on any atom is 0.334 e. The normalized spacial score (nSPS) is 19.3. The molecule has 0 bridgehead atoms. The van der Waals surface area contributed by atoms with E-state index in [9.17, 15) is 14.4 Å². The summed E-state index contributed by atoms with van der Waals surface area (Å²) in [6, 6.07) is 0. The molecule has 0 spiro atoms. The second-order valence-electron chi connectivity index (χ2n) is 4.98. The summed E-state index contributed by atoms with van der Waals surface area (Å²) in [4.78, 5) is 32.0. The highest BCUT2D eigenvalue weighted by molar-refractivity contribution is 5.91. The zero-order valence-corrected chi connectivity index (χ0v) is 12.9. The molecule has 1 unspecified atom stereocenters. The summed E-state index contributed by atoms with van der Waals surface area (Å²) in [5.41, 5.74) is -0.582. The Balaban J connectivity index is 0.000000763. The van der Waals surface area contributed by atoms with E-state index < -0.39 is 23.3 Å². The van der Waals surface area contributed by atoms with Gasteiger partial charge >= 0.3 is 17.9 Å². The zero-order valence-electron chi connectivity index (χ0n) is 12.9. The third-order valence-electron chi connectivity index (χ3n) is 2.98. The van der Waals surface area contributed by atoms with Crippen LogP contribution in [0.3, 0.4) is 0 Å². The van der Waals surface area contributed by atoms with Gasteiger partial charge in [-0.05, 0) is 19.8 Å². The minimum Gasteiger partial charge on any atom is -0.481 e. The van der Waals surface area contributed by atoms with Gasteiger partial charge in [0.05, 0.1) is 12.0 Å². The SMILES string of the molecule is C=CC(=O)O.CCCCOC(=O)C1=CC=CC(C)(C(=O)O)C1. The van der Waals surface area contributed by atoms with E-state index >= 15 is 0 Å². The lowest BCUT2D eigenvalue weighted by Gasteiger charge is -2.24. The number of hydrogen-bond donors (Lipinski definition) is 2. The van der Waals surface area contributed by atoms with Crippen LogP contribution in [0.15, 0.2) is 36.5 Å². The Hall–Kier alpha value is -2.37. The molecular weight excluding hydrogens is 288 g/mol. The average Bonchev–Trinajstić information content (AvgIpc) is 2.48. The molecule has 0 aromatic carbocycles. The van der Waals surface area contributed by atoms with Crippen molar-refractivity contribution in [3.05, 3.63) is 36.5 Å². The first-order valence-electron chi connectivity index (χ1n) is 6.91. The lowest BCUT2D eigenvalue weighted by molar-refractivity contribution is -0.145. The topological polar surface area (TPSA) is 101 Å². The smallest absolute Gasteiger partial charge is 0.334 e. The lowest BCUT2D eigenvalue weighted by Crippen LogP contribution is -2.29. The summed E-state index contributed by atoms with van der Waals surface area (Å²) >= 11 is 0. The Morgan fingerprint density at radius 1 is 1.41 bits per heavy atom. The molecule has 0 aromatic heterocycles. The molecule has 0 radical (unpaired) electrons. The molecule has 0 saturated carbocycles. The summed E-state index contributed by atoms with van der Waals surface area (Å²) < 4.78 is 5.06. The van der Waals surface area contributed by atoms with E-state index in [1.54, 1.807) is 25.2 Å². The van der Waals surface area contributed by atoms with Crippen molar-refractivity contribution < 1.29 is 29.3 Å². The molecule has 6 heteroatoms. The first-order valence-corrected chi connectivity index (χ1v) is 6.91. The number of carbonyl (C=O) groups is 3. The van der Waals surface area contributed by atoms with Gasteiger partial charge in [-0.1, -0.05) is 38.2 Å². The minimum atomic E-state index is -1.01. The average molecular weight is 310 g/mol. The van der Waals surface area contributed by atoms with E-state index in [-0.39, 0.29) is 6.42 Å². The Morgan fingerprint density at radius 2 is 2.00 bits per heavy atom. The molecule has 6 nitrogen and oxygen atoms in total. The summed E-state index contributed by atoms with van der Waals surface area (Å²) in [5.74, 6) is -2.32. The Kier molecular flexibility index (Phi) is 8.52. The molecule has 2 N–H and O–H groups in total. The fraction of sp³-hybridized carbons (Fsp3) is 0.438. The van der Waals surface area contributed by atoms with E-state index in [4.69, 9.17) is 14.9 Å². The third-order valence-corrected chi connectivity index (χ3v) is 2.98. The molecule has 0 fully saturated rings. The second-order valence-corrected chi connectivity index (χ2v) is 4.98. The number of carbonyl (C=O) groups excluding carboxylic acids is 1. The van der Waals surface area contributed by atoms with Crippen LogP contribution in [0.1, 0.15) is 33.1 Å². The van der Waals surface area contributed by atoms with Gasteiger partial charge in [-0.15, -0.1) is 0 Å². The van der Waals surface area contributed by atoms with Crippen molar-refractivity contribution in [2.75, 3.05) is 6.61 Å². The van der Waals surface area contributed by atoms with E-state index in [2.05, 4.69) is 6.58 Å². The molecule has 1 rings (SSSR count). The maximum absolute atomic E-state index is 11.7. The maximum atomic E-state index is 11.7. The molecule has 122 valence electrons. The molecule has 0 aliphatic heterocycles. The van der Waals surface area contributed by atoms with Gasteiger partial charge < -0.3 is 14.9 Å². The molecule has 22 heavy (non-hydrogen) atoms. The first-order chi connectivity index (χ1) is 10.3. The minimum absolute atomic E-state index is 0.184. The quantitative estimate of drug-likeness (QED) is 0.444. The summed E-state index contributed by atoms with van der Waals surface area (Å²) in [6.45, 7) is 6.96. The Bertz CT molecular complexity index is 489. The third kappa shape index (κ3) is 6.88.